The molecule has 0 aliphatic heterocycles. The average Bonchev–Trinajstić information content (AvgIpc) is 2.90. The van der Waals surface area contributed by atoms with Crippen LogP contribution in [0.5, 0.6) is 5.88 Å². The van der Waals surface area contributed by atoms with Gasteiger partial charge in [-0.15, -0.1) is 0 Å². The van der Waals surface area contributed by atoms with Gasteiger partial charge < -0.3 is 15.2 Å². The number of H-pyrrole nitrogens is 1. The highest BCUT2D eigenvalue weighted by Crippen LogP contribution is 2.23. The summed E-state index contributed by atoms with van der Waals surface area (Å²) in [6.07, 6.45) is 1.80. The number of aliphatic carboxylic acids is 1. The van der Waals surface area contributed by atoms with Crippen LogP contribution in [-0.4, -0.2) is 64.6 Å². The second-order valence-corrected chi connectivity index (χ2v) is 5.35. The molecule has 0 saturated carbocycles. The zero-order valence-electron chi connectivity index (χ0n) is 11.2. The van der Waals surface area contributed by atoms with Gasteiger partial charge in [0.15, 0.2) is 22.4 Å². The van der Waals surface area contributed by atoms with Gasteiger partial charge in [-0.25, -0.2) is 19.8 Å². The number of thioether (sulfide) groups is 1. The molecule has 2 heterocycles. The van der Waals surface area contributed by atoms with Gasteiger partial charge >= 0.3 is 5.97 Å². The van der Waals surface area contributed by atoms with Crippen LogP contribution >= 0.6 is 11.8 Å². The van der Waals surface area contributed by atoms with E-state index >= 15 is 0 Å². The van der Waals surface area contributed by atoms with Gasteiger partial charge in [0.2, 0.25) is 12.3 Å². The Kier molecular flexibility index (Phi) is 5.12. The van der Waals surface area contributed by atoms with Crippen LogP contribution in [0.25, 0.3) is 11.2 Å². The smallest absolute Gasteiger partial charge is 0.329 e. The van der Waals surface area contributed by atoms with Crippen LogP contribution in [-0.2, 0) is 9.59 Å². The molecule has 2 aromatic heterocycles. The van der Waals surface area contributed by atoms with Gasteiger partial charge in [-0.2, -0.15) is 4.98 Å². The van der Waals surface area contributed by atoms with Crippen LogP contribution in [0.2, 0.25) is 0 Å². The molecule has 2 aromatic rings. The molecule has 0 aliphatic carbocycles. The first kappa shape index (κ1) is 16.0. The molecule has 4 N–H and O–H groups in total. The summed E-state index contributed by atoms with van der Waals surface area (Å²) in [6.45, 7) is 0. The highest BCUT2D eigenvalue weighted by Gasteiger charge is 2.22. The van der Waals surface area contributed by atoms with Gasteiger partial charge in [-0.05, 0) is 12.8 Å². The number of aromatic amines is 1. The van der Waals surface area contributed by atoms with Gasteiger partial charge in [-0.1, -0.05) is 11.8 Å². The van der Waals surface area contributed by atoms with Crippen LogP contribution in [0.15, 0.2) is 11.5 Å². The van der Waals surface area contributed by atoms with Crippen LogP contribution in [0.3, 0.4) is 0 Å². The first-order valence-electron chi connectivity index (χ1n) is 6.20. The molecule has 0 radical (unpaired) electrons. The number of aromatic nitrogens is 4. The summed E-state index contributed by atoms with van der Waals surface area (Å²) in [7, 11) is 0. The van der Waals surface area contributed by atoms with E-state index in [1.165, 1.54) is 18.1 Å². The van der Waals surface area contributed by atoms with E-state index in [4.69, 9.17) is 10.3 Å². The van der Waals surface area contributed by atoms with Gasteiger partial charge in [0.05, 0.1) is 0 Å². The van der Waals surface area contributed by atoms with E-state index in [9.17, 15) is 14.7 Å². The Balaban J connectivity index is 1.88. The molecule has 11 heteroatoms. The molecule has 0 aromatic carbocycles. The average molecular weight is 327 g/mol. The Bertz CT molecular complexity index is 678. The maximum Gasteiger partial charge on any atom is 0.329 e. The Labute approximate surface area is 128 Å². The fourth-order valence-electron chi connectivity index (χ4n) is 1.75. The number of carbonyl (C=O) groups excluding carboxylic acids is 1. The van der Waals surface area contributed by atoms with Crippen molar-refractivity contribution in [2.75, 3.05) is 5.75 Å². The molecule has 0 bridgehead atoms. The number of amides is 1. The summed E-state index contributed by atoms with van der Waals surface area (Å²) in [5.74, 6) is -0.991. The van der Waals surface area contributed by atoms with Crippen LogP contribution in [0.1, 0.15) is 12.8 Å². The van der Waals surface area contributed by atoms with Crippen LogP contribution in [0, 0.1) is 0 Å². The largest absolute Gasteiger partial charge is 0.492 e. The predicted molar refractivity (Wildman–Crippen MR) is 74.4 cm³/mol. The highest BCUT2D eigenvalue weighted by molar-refractivity contribution is 7.99. The summed E-state index contributed by atoms with van der Waals surface area (Å²) >= 11 is 1.30. The van der Waals surface area contributed by atoms with Crippen LogP contribution in [0.4, 0.5) is 0 Å². The second kappa shape index (κ2) is 7.04. The standard InChI is InChI=1S/C11H13N5O5S/c17-5-16(21)6(10(19)20)2-1-3-22-11-14-7-8(15-11)12-4-13-9(7)18/h4-6,21H,1-3H2,(H,19,20)(H2,12,13,14,15,18). The van der Waals surface area contributed by atoms with Gasteiger partial charge in [0.25, 0.3) is 0 Å². The minimum absolute atomic E-state index is 0.0621. The maximum absolute atomic E-state index is 10.9. The fourth-order valence-corrected chi connectivity index (χ4v) is 2.58. The number of imidazole rings is 1. The molecule has 1 amide bonds. The molecule has 118 valence electrons. The first-order valence-corrected chi connectivity index (χ1v) is 7.19. The molecule has 2 rings (SSSR count). The number of rotatable bonds is 8. The number of carboxylic acids is 1. The minimum atomic E-state index is -1.27. The zero-order valence-corrected chi connectivity index (χ0v) is 12.0. The number of carboxylic acid groups (broad SMARTS) is 1. The number of hydrogen-bond acceptors (Lipinski definition) is 8. The number of aromatic hydroxyl groups is 1. The number of nitrogens with one attached hydrogen (secondary N) is 1. The number of fused-ring (bicyclic) bond motifs is 1. The number of carbonyl (C=O) groups is 2. The lowest BCUT2D eigenvalue weighted by molar-refractivity contribution is -0.175. The molecular weight excluding hydrogens is 314 g/mol. The molecule has 0 aliphatic rings. The van der Waals surface area contributed by atoms with E-state index in [1.54, 1.807) is 0 Å². The molecular formula is C11H13N5O5S. The van der Waals surface area contributed by atoms with Gasteiger partial charge in [0, 0.05) is 5.75 Å². The Morgan fingerprint density at radius 3 is 2.91 bits per heavy atom. The molecule has 0 spiro atoms. The van der Waals surface area contributed by atoms with Gasteiger partial charge in [0.1, 0.15) is 6.33 Å². The summed E-state index contributed by atoms with van der Waals surface area (Å²) in [4.78, 5) is 35.8. The highest BCUT2D eigenvalue weighted by atomic mass is 32.2. The quantitative estimate of drug-likeness (QED) is 0.175. The van der Waals surface area contributed by atoms with Crippen molar-refractivity contribution >= 4 is 35.3 Å². The van der Waals surface area contributed by atoms with E-state index in [1.807, 2.05) is 0 Å². The molecule has 1 unspecified atom stereocenters. The summed E-state index contributed by atoms with van der Waals surface area (Å²) < 4.78 is 0. The Hall–Kier alpha value is -2.40. The van der Waals surface area contributed by atoms with E-state index < -0.39 is 12.0 Å². The minimum Gasteiger partial charge on any atom is -0.492 e. The normalized spacial score (nSPS) is 12.2. The van der Waals surface area contributed by atoms with E-state index in [0.717, 1.165) is 0 Å². The van der Waals surface area contributed by atoms with E-state index in [2.05, 4.69) is 19.9 Å². The lowest BCUT2D eigenvalue weighted by Gasteiger charge is -2.17. The van der Waals surface area contributed by atoms with Crippen molar-refractivity contribution in [1.29, 1.82) is 0 Å². The van der Waals surface area contributed by atoms with Crippen molar-refractivity contribution in [3.63, 3.8) is 0 Å². The second-order valence-electron chi connectivity index (χ2n) is 4.27. The molecule has 1 atom stereocenters. The SMILES string of the molecule is O=CN(O)C(CCCSc1nc2c(O)ncnc2[nH]1)C(=O)O. The topological polar surface area (TPSA) is 153 Å². The van der Waals surface area contributed by atoms with Crippen molar-refractivity contribution in [1.82, 2.24) is 25.0 Å². The van der Waals surface area contributed by atoms with Crippen molar-refractivity contribution in [2.24, 2.45) is 0 Å². The molecule has 10 nitrogen and oxygen atoms in total. The van der Waals surface area contributed by atoms with Gasteiger partial charge in [-0.3, -0.25) is 10.0 Å². The number of hydrogen-bond donors (Lipinski definition) is 4. The van der Waals surface area contributed by atoms with E-state index in [0.29, 0.717) is 23.0 Å². The van der Waals surface area contributed by atoms with Crippen molar-refractivity contribution in [3.05, 3.63) is 6.33 Å². The van der Waals surface area contributed by atoms with Crippen LogP contribution < -0.4 is 0 Å². The maximum atomic E-state index is 10.9. The predicted octanol–water partition coefficient (Wildman–Crippen LogP) is 0.232. The third kappa shape index (κ3) is 3.62. The summed E-state index contributed by atoms with van der Waals surface area (Å²) in [5, 5.41) is 28.2. The van der Waals surface area contributed by atoms with Crippen molar-refractivity contribution in [2.45, 2.75) is 24.0 Å². The Morgan fingerprint density at radius 1 is 1.50 bits per heavy atom. The first-order chi connectivity index (χ1) is 10.5. The van der Waals surface area contributed by atoms with E-state index in [-0.39, 0.29) is 29.3 Å². The Morgan fingerprint density at radius 2 is 2.27 bits per heavy atom. The monoisotopic (exact) mass is 327 g/mol. The third-order valence-electron chi connectivity index (χ3n) is 2.81. The molecule has 0 fully saturated rings. The zero-order chi connectivity index (χ0) is 16.1. The lowest BCUT2D eigenvalue weighted by atomic mass is 10.2. The number of hydroxylamine groups is 2. The fraction of sp³-hybridized carbons (Fsp3) is 0.364. The van der Waals surface area contributed by atoms with Crippen molar-refractivity contribution < 1.29 is 25.0 Å². The molecule has 22 heavy (non-hydrogen) atoms. The molecule has 0 saturated heterocycles. The van der Waals surface area contributed by atoms with Crippen molar-refractivity contribution in [3.8, 4) is 5.88 Å². The summed E-state index contributed by atoms with van der Waals surface area (Å²) in [5.41, 5.74) is 0.664. The summed E-state index contributed by atoms with van der Waals surface area (Å²) in [6, 6.07) is -1.27. The number of nitrogens with zero attached hydrogens (tertiary/aromatic N) is 4. The third-order valence-corrected chi connectivity index (χ3v) is 3.77. The lowest BCUT2D eigenvalue weighted by Crippen LogP contribution is -2.38.